The number of esters is 1. The van der Waals surface area contributed by atoms with Crippen molar-refractivity contribution in [1.82, 2.24) is 5.16 Å². The van der Waals surface area contributed by atoms with Crippen LogP contribution >= 0.6 is 0 Å². The van der Waals surface area contributed by atoms with E-state index in [1.54, 1.807) is 13.0 Å². The lowest BCUT2D eigenvalue weighted by Gasteiger charge is -2.24. The molecule has 0 aliphatic rings. The van der Waals surface area contributed by atoms with E-state index < -0.39 is 27.7 Å². The highest BCUT2D eigenvalue weighted by molar-refractivity contribution is 7.92. The van der Waals surface area contributed by atoms with E-state index in [2.05, 4.69) is 11.7 Å². The quantitative estimate of drug-likeness (QED) is 0.342. The molecule has 0 atom stereocenters. The second-order valence-electron chi connectivity index (χ2n) is 6.91. The Labute approximate surface area is 188 Å². The first-order valence-electron chi connectivity index (χ1n) is 9.52. The van der Waals surface area contributed by atoms with Crippen LogP contribution in [0.1, 0.15) is 27.4 Å². The number of alkyl halides is 3. The summed E-state index contributed by atoms with van der Waals surface area (Å²) in [6.07, 6.45) is -3.40. The summed E-state index contributed by atoms with van der Waals surface area (Å²) in [5.74, 6) is -0.498. The molecule has 0 saturated heterocycles. The Morgan fingerprint density at radius 2 is 1.91 bits per heavy atom. The van der Waals surface area contributed by atoms with Crippen LogP contribution in [0.5, 0.6) is 0 Å². The van der Waals surface area contributed by atoms with Gasteiger partial charge >= 0.3 is 12.1 Å². The molecule has 0 saturated carbocycles. The van der Waals surface area contributed by atoms with Gasteiger partial charge in [0, 0.05) is 6.07 Å². The lowest BCUT2D eigenvalue weighted by molar-refractivity contribution is -0.137. The monoisotopic (exact) mass is 480 g/mol. The van der Waals surface area contributed by atoms with E-state index in [0.29, 0.717) is 11.5 Å². The molecule has 11 heteroatoms. The van der Waals surface area contributed by atoms with Gasteiger partial charge in [-0.15, -0.1) is 6.58 Å². The number of carbonyl (C=O) groups excluding carboxylic acids is 1. The third-order valence-electron chi connectivity index (χ3n) is 4.44. The number of ether oxygens (including phenoxy) is 1. The maximum absolute atomic E-state index is 13.3. The Balaban J connectivity index is 1.90. The molecule has 0 aliphatic heterocycles. The molecule has 33 heavy (non-hydrogen) atoms. The molecule has 2 aromatic carbocycles. The van der Waals surface area contributed by atoms with Gasteiger partial charge in [-0.2, -0.15) is 13.2 Å². The normalized spacial score (nSPS) is 11.8. The summed E-state index contributed by atoms with van der Waals surface area (Å²) in [6.45, 7) is 4.69. The Hall–Kier alpha value is -3.60. The summed E-state index contributed by atoms with van der Waals surface area (Å²) in [7, 11) is -4.34. The molecule has 0 fully saturated rings. The number of hydrogen-bond acceptors (Lipinski definition) is 6. The van der Waals surface area contributed by atoms with Gasteiger partial charge in [0.25, 0.3) is 10.0 Å². The van der Waals surface area contributed by atoms with E-state index in [0.717, 1.165) is 28.6 Å². The van der Waals surface area contributed by atoms with Crippen LogP contribution < -0.4 is 4.31 Å². The van der Waals surface area contributed by atoms with Gasteiger partial charge in [-0.3, -0.25) is 4.31 Å². The molecule has 3 aromatic rings. The lowest BCUT2D eigenvalue weighted by Crippen LogP contribution is -2.31. The van der Waals surface area contributed by atoms with Crippen LogP contribution in [-0.4, -0.2) is 26.1 Å². The predicted octanol–water partition coefficient (Wildman–Crippen LogP) is 4.74. The molecule has 174 valence electrons. The highest BCUT2D eigenvalue weighted by Gasteiger charge is 2.32. The van der Waals surface area contributed by atoms with E-state index in [1.165, 1.54) is 30.3 Å². The number of nitrogens with zero attached hydrogens (tertiary/aromatic N) is 2. The van der Waals surface area contributed by atoms with Crippen molar-refractivity contribution in [2.75, 3.05) is 10.8 Å². The third-order valence-corrected chi connectivity index (χ3v) is 6.23. The van der Waals surface area contributed by atoms with Gasteiger partial charge in [0.1, 0.15) is 0 Å². The summed E-state index contributed by atoms with van der Waals surface area (Å²) >= 11 is 0. The Morgan fingerprint density at radius 1 is 1.18 bits per heavy atom. The average molecular weight is 480 g/mol. The molecule has 0 bridgehead atoms. The van der Waals surface area contributed by atoms with Gasteiger partial charge < -0.3 is 9.26 Å². The first-order chi connectivity index (χ1) is 15.5. The van der Waals surface area contributed by atoms with E-state index in [9.17, 15) is 26.4 Å². The summed E-state index contributed by atoms with van der Waals surface area (Å²) in [5.41, 5.74) is -0.649. The number of anilines is 1. The molecule has 3 rings (SSSR count). The molecule has 0 spiro atoms. The van der Waals surface area contributed by atoms with Crippen LogP contribution in [0.4, 0.5) is 18.9 Å². The van der Waals surface area contributed by atoms with Crippen LogP contribution in [0.2, 0.25) is 0 Å². The summed E-state index contributed by atoms with van der Waals surface area (Å²) in [5, 5.41) is 3.67. The van der Waals surface area contributed by atoms with Crippen molar-refractivity contribution in [3.63, 3.8) is 0 Å². The minimum Gasteiger partial charge on any atom is -0.454 e. The van der Waals surface area contributed by atoms with Crippen molar-refractivity contribution in [3.05, 3.63) is 89.8 Å². The number of sulfonamides is 1. The maximum atomic E-state index is 13.3. The first-order valence-corrected chi connectivity index (χ1v) is 11.0. The minimum atomic E-state index is -4.65. The average Bonchev–Trinajstić information content (AvgIpc) is 3.20. The standard InChI is InChI=1S/C22H19F3N2O5S/c1-3-10-27(18-8-5-7-17(13-18)22(23,24)25)33(29,30)20-9-4-6-16(12-20)21(28)31-14-19-11-15(2)26-32-19/h3-9,11-13H,1,10,14H2,2H3. The zero-order valence-corrected chi connectivity index (χ0v) is 18.2. The van der Waals surface area contributed by atoms with E-state index in [4.69, 9.17) is 9.26 Å². The zero-order valence-electron chi connectivity index (χ0n) is 17.4. The lowest BCUT2D eigenvalue weighted by atomic mass is 10.2. The third kappa shape index (κ3) is 5.61. The van der Waals surface area contributed by atoms with Crippen molar-refractivity contribution in [1.29, 1.82) is 0 Å². The number of benzene rings is 2. The summed E-state index contributed by atoms with van der Waals surface area (Å²) in [6, 6.07) is 10.5. The van der Waals surface area contributed by atoms with Crippen LogP contribution in [0.3, 0.4) is 0 Å². The van der Waals surface area contributed by atoms with Crippen molar-refractivity contribution < 1.29 is 35.6 Å². The summed E-state index contributed by atoms with van der Waals surface area (Å²) < 4.78 is 76.7. The Morgan fingerprint density at radius 3 is 2.55 bits per heavy atom. The van der Waals surface area contributed by atoms with E-state index in [-0.39, 0.29) is 29.3 Å². The molecular formula is C22H19F3N2O5S. The molecule has 7 nitrogen and oxygen atoms in total. The Kier molecular flexibility index (Phi) is 6.92. The highest BCUT2D eigenvalue weighted by atomic mass is 32.2. The second-order valence-corrected chi connectivity index (χ2v) is 8.77. The molecule has 0 amide bonds. The van der Waals surface area contributed by atoms with E-state index in [1.807, 2.05) is 0 Å². The summed E-state index contributed by atoms with van der Waals surface area (Å²) in [4.78, 5) is 12.1. The molecule has 1 aromatic heterocycles. The van der Waals surface area contributed by atoms with Gasteiger partial charge in [-0.1, -0.05) is 23.4 Å². The van der Waals surface area contributed by atoms with Crippen LogP contribution in [0.15, 0.2) is 76.7 Å². The molecule has 0 aliphatic carbocycles. The fourth-order valence-electron chi connectivity index (χ4n) is 2.91. The number of rotatable bonds is 8. The molecule has 0 radical (unpaired) electrons. The van der Waals surface area contributed by atoms with Gasteiger partial charge in [0.15, 0.2) is 12.4 Å². The number of aromatic nitrogens is 1. The van der Waals surface area contributed by atoms with Gasteiger partial charge in [-0.05, 0) is 43.3 Å². The predicted molar refractivity (Wildman–Crippen MR) is 113 cm³/mol. The zero-order chi connectivity index (χ0) is 24.2. The Bertz CT molecular complexity index is 1270. The molecular weight excluding hydrogens is 461 g/mol. The van der Waals surface area contributed by atoms with Crippen LogP contribution in [-0.2, 0) is 27.5 Å². The SMILES string of the molecule is C=CCN(c1cccc(C(F)(F)F)c1)S(=O)(=O)c1cccc(C(=O)OCc2cc(C)no2)c1. The van der Waals surface area contributed by atoms with Crippen molar-refractivity contribution in [2.24, 2.45) is 0 Å². The highest BCUT2D eigenvalue weighted by Crippen LogP contribution is 2.33. The molecule has 0 N–H and O–H groups in total. The molecule has 1 heterocycles. The van der Waals surface area contributed by atoms with Gasteiger partial charge in [0.2, 0.25) is 0 Å². The number of halogens is 3. The number of hydrogen-bond donors (Lipinski definition) is 0. The van der Waals surface area contributed by atoms with Crippen molar-refractivity contribution in [3.8, 4) is 0 Å². The van der Waals surface area contributed by atoms with Crippen molar-refractivity contribution in [2.45, 2.75) is 24.6 Å². The number of carbonyl (C=O) groups is 1. The molecule has 0 unspecified atom stereocenters. The topological polar surface area (TPSA) is 89.7 Å². The van der Waals surface area contributed by atoms with Crippen molar-refractivity contribution >= 4 is 21.7 Å². The van der Waals surface area contributed by atoms with Gasteiger partial charge in [0.05, 0.1) is 33.9 Å². The fourth-order valence-corrected chi connectivity index (χ4v) is 4.39. The van der Waals surface area contributed by atoms with Crippen LogP contribution in [0, 0.1) is 6.92 Å². The first kappa shape index (κ1) is 24.1. The largest absolute Gasteiger partial charge is 0.454 e. The minimum absolute atomic E-state index is 0.0603. The van der Waals surface area contributed by atoms with E-state index >= 15 is 0 Å². The van der Waals surface area contributed by atoms with Crippen LogP contribution in [0.25, 0.3) is 0 Å². The van der Waals surface area contributed by atoms with Gasteiger partial charge in [-0.25, -0.2) is 13.2 Å². The second kappa shape index (κ2) is 9.49. The number of aryl methyl sites for hydroxylation is 1. The fraction of sp³-hybridized carbons (Fsp3) is 0.182. The maximum Gasteiger partial charge on any atom is 0.416 e. The smallest absolute Gasteiger partial charge is 0.416 e.